The number of hydrogen-bond donors (Lipinski definition) is 0. The van der Waals surface area contributed by atoms with Crippen LogP contribution in [0.15, 0.2) is 0 Å². The van der Waals surface area contributed by atoms with Gasteiger partial charge in [0.15, 0.2) is 0 Å². The van der Waals surface area contributed by atoms with Crippen molar-refractivity contribution in [2.24, 2.45) is 11.8 Å². The third kappa shape index (κ3) is 4.80. The molecule has 0 rings (SSSR count). The Labute approximate surface area is 65.1 Å². The molecule has 0 bridgehead atoms. The maximum absolute atomic E-state index is 2.32. The van der Waals surface area contributed by atoms with Crippen LogP contribution in [0.2, 0.25) is 0 Å². The maximum Gasteiger partial charge on any atom is -0.0394 e. The summed E-state index contributed by atoms with van der Waals surface area (Å²) in [5.74, 6) is 1.85. The first-order chi connectivity index (χ1) is 4.22. The first-order valence-electron chi connectivity index (χ1n) is 4.22. The predicted octanol–water partition coefficient (Wildman–Crippen LogP) is 2.64. The van der Waals surface area contributed by atoms with Crippen molar-refractivity contribution >= 4 is 0 Å². The third-order valence-electron chi connectivity index (χ3n) is 2.13. The second-order valence-corrected chi connectivity index (χ2v) is 3.20. The van der Waals surface area contributed by atoms with Gasteiger partial charge in [-0.3, -0.25) is 0 Å². The van der Waals surface area contributed by atoms with Crippen LogP contribution in [0.4, 0.5) is 0 Å². The molecule has 0 aromatic rings. The predicted molar refractivity (Wildman–Crippen MR) is 47.1 cm³/mol. The van der Waals surface area contributed by atoms with Crippen LogP contribution in [0.1, 0.15) is 47.0 Å². The molecule has 1 nitrogen and oxygen atoms in total. The summed E-state index contributed by atoms with van der Waals surface area (Å²) in [6, 6.07) is 0. The summed E-state index contributed by atoms with van der Waals surface area (Å²) in [6.45, 7) is 9.21. The average Bonchev–Trinajstić information content (AvgIpc) is 1.82. The highest BCUT2D eigenvalue weighted by atomic mass is 16.0. The lowest BCUT2D eigenvalue weighted by molar-refractivity contribution is 0.346. The lowest BCUT2D eigenvalue weighted by Crippen LogP contribution is -2.06. The zero-order valence-electron chi connectivity index (χ0n) is 7.78. The summed E-state index contributed by atoms with van der Waals surface area (Å²) in [5.41, 5.74) is 0. The Morgan fingerprint density at radius 3 is 1.70 bits per heavy atom. The molecular weight excluding hydrogens is 124 g/mol. The second-order valence-electron chi connectivity index (χ2n) is 3.20. The van der Waals surface area contributed by atoms with Crippen molar-refractivity contribution in [3.63, 3.8) is 0 Å². The highest BCUT2D eigenvalue weighted by Crippen LogP contribution is 2.19. The minimum Gasteiger partial charge on any atom is -0.412 e. The van der Waals surface area contributed by atoms with E-state index in [1.54, 1.807) is 0 Å². The molecule has 0 aliphatic heterocycles. The van der Waals surface area contributed by atoms with Gasteiger partial charge in [0.2, 0.25) is 0 Å². The van der Waals surface area contributed by atoms with Crippen molar-refractivity contribution in [2.75, 3.05) is 0 Å². The highest BCUT2D eigenvalue weighted by molar-refractivity contribution is 4.59. The van der Waals surface area contributed by atoms with Crippen LogP contribution in [0.3, 0.4) is 0 Å². The standard InChI is InChI=1S/C9H20.H2O/c1-5-7-9(6-2)8(3)4;/h8-9H,5-7H2,1-4H3;1H2. The van der Waals surface area contributed by atoms with E-state index in [1.807, 2.05) is 0 Å². The molecule has 10 heavy (non-hydrogen) atoms. The minimum atomic E-state index is 0. The Kier molecular flexibility index (Phi) is 8.92. The van der Waals surface area contributed by atoms with Gasteiger partial charge in [0, 0.05) is 0 Å². The van der Waals surface area contributed by atoms with E-state index < -0.39 is 0 Å². The third-order valence-corrected chi connectivity index (χ3v) is 2.13. The van der Waals surface area contributed by atoms with Crippen molar-refractivity contribution in [1.29, 1.82) is 0 Å². The van der Waals surface area contributed by atoms with Crippen molar-refractivity contribution in [3.05, 3.63) is 0 Å². The molecule has 0 fully saturated rings. The van der Waals surface area contributed by atoms with E-state index in [2.05, 4.69) is 27.7 Å². The molecule has 1 atom stereocenters. The Morgan fingerprint density at radius 2 is 1.60 bits per heavy atom. The van der Waals surface area contributed by atoms with Crippen LogP contribution < -0.4 is 0 Å². The topological polar surface area (TPSA) is 31.5 Å². The summed E-state index contributed by atoms with van der Waals surface area (Å²) in [7, 11) is 0. The van der Waals surface area contributed by atoms with E-state index in [0.717, 1.165) is 11.8 Å². The van der Waals surface area contributed by atoms with Crippen molar-refractivity contribution in [1.82, 2.24) is 0 Å². The molecule has 0 aliphatic carbocycles. The summed E-state index contributed by atoms with van der Waals surface area (Å²) < 4.78 is 0. The Morgan fingerprint density at radius 1 is 1.10 bits per heavy atom. The van der Waals surface area contributed by atoms with E-state index in [9.17, 15) is 0 Å². The Bertz CT molecular complexity index is 59.7. The maximum atomic E-state index is 2.32. The first kappa shape index (κ1) is 12.6. The van der Waals surface area contributed by atoms with Crippen LogP contribution >= 0.6 is 0 Å². The summed E-state index contributed by atoms with van der Waals surface area (Å²) in [6.07, 6.45) is 4.11. The molecule has 0 radical (unpaired) electrons. The molecular formula is C9H22O. The lowest BCUT2D eigenvalue weighted by Gasteiger charge is -2.17. The van der Waals surface area contributed by atoms with Crippen molar-refractivity contribution in [3.8, 4) is 0 Å². The van der Waals surface area contributed by atoms with Crippen LogP contribution in [-0.4, -0.2) is 5.48 Å². The van der Waals surface area contributed by atoms with Gasteiger partial charge < -0.3 is 5.48 Å². The fourth-order valence-corrected chi connectivity index (χ4v) is 1.38. The summed E-state index contributed by atoms with van der Waals surface area (Å²) in [5, 5.41) is 0. The van der Waals surface area contributed by atoms with Crippen molar-refractivity contribution < 1.29 is 5.48 Å². The van der Waals surface area contributed by atoms with Gasteiger partial charge in [-0.15, -0.1) is 0 Å². The van der Waals surface area contributed by atoms with E-state index in [1.165, 1.54) is 19.3 Å². The molecule has 0 spiro atoms. The van der Waals surface area contributed by atoms with E-state index in [0.29, 0.717) is 0 Å². The Hall–Kier alpha value is -0.0400. The number of hydrogen-bond acceptors (Lipinski definition) is 0. The second kappa shape index (κ2) is 7.07. The normalized spacial score (nSPS) is 12.9. The van der Waals surface area contributed by atoms with Crippen LogP contribution in [0.25, 0.3) is 0 Å². The molecule has 0 aliphatic rings. The molecule has 0 amide bonds. The summed E-state index contributed by atoms with van der Waals surface area (Å²) in [4.78, 5) is 0. The highest BCUT2D eigenvalue weighted by Gasteiger charge is 2.08. The molecule has 0 aromatic carbocycles. The zero-order chi connectivity index (χ0) is 7.28. The fourth-order valence-electron chi connectivity index (χ4n) is 1.38. The zero-order valence-corrected chi connectivity index (χ0v) is 7.78. The van der Waals surface area contributed by atoms with Gasteiger partial charge in [0.25, 0.3) is 0 Å². The molecule has 64 valence electrons. The van der Waals surface area contributed by atoms with Crippen LogP contribution in [0, 0.1) is 11.8 Å². The number of rotatable bonds is 4. The molecule has 1 heteroatoms. The van der Waals surface area contributed by atoms with Crippen LogP contribution in [0.5, 0.6) is 0 Å². The quantitative estimate of drug-likeness (QED) is 0.584. The molecule has 1 unspecified atom stereocenters. The van der Waals surface area contributed by atoms with Gasteiger partial charge in [-0.25, -0.2) is 0 Å². The summed E-state index contributed by atoms with van der Waals surface area (Å²) >= 11 is 0. The average molecular weight is 146 g/mol. The molecule has 0 saturated heterocycles. The van der Waals surface area contributed by atoms with Gasteiger partial charge in [-0.2, -0.15) is 0 Å². The van der Waals surface area contributed by atoms with Gasteiger partial charge in [0.05, 0.1) is 0 Å². The fraction of sp³-hybridized carbons (Fsp3) is 1.00. The van der Waals surface area contributed by atoms with Crippen molar-refractivity contribution in [2.45, 2.75) is 47.0 Å². The molecule has 2 N–H and O–H groups in total. The van der Waals surface area contributed by atoms with Gasteiger partial charge in [0.1, 0.15) is 0 Å². The van der Waals surface area contributed by atoms with Crippen LogP contribution in [-0.2, 0) is 0 Å². The minimum absolute atomic E-state index is 0. The SMILES string of the molecule is CCCC(CC)C(C)C.O. The van der Waals surface area contributed by atoms with E-state index in [-0.39, 0.29) is 5.48 Å². The largest absolute Gasteiger partial charge is 0.412 e. The smallest absolute Gasteiger partial charge is 0.0394 e. The first-order valence-corrected chi connectivity index (χ1v) is 4.22. The van der Waals surface area contributed by atoms with Gasteiger partial charge >= 0.3 is 0 Å². The van der Waals surface area contributed by atoms with E-state index in [4.69, 9.17) is 0 Å². The Balaban J connectivity index is 0. The molecule has 0 heterocycles. The lowest BCUT2D eigenvalue weighted by atomic mass is 9.89. The van der Waals surface area contributed by atoms with Gasteiger partial charge in [-0.05, 0) is 11.8 Å². The van der Waals surface area contributed by atoms with E-state index >= 15 is 0 Å². The monoisotopic (exact) mass is 146 g/mol. The molecule has 0 aromatic heterocycles. The molecule has 0 saturated carbocycles. The van der Waals surface area contributed by atoms with Gasteiger partial charge in [-0.1, -0.05) is 47.0 Å².